The Hall–Kier alpha value is -1.81. The fourth-order valence-electron chi connectivity index (χ4n) is 4.96. The van der Waals surface area contributed by atoms with Gasteiger partial charge < -0.3 is 9.64 Å². The van der Waals surface area contributed by atoms with Crippen LogP contribution in [0, 0.1) is 11.8 Å². The first-order chi connectivity index (χ1) is 13.1. The Morgan fingerprint density at radius 1 is 1.07 bits per heavy atom. The smallest absolute Gasteiger partial charge is 0.226 e. The number of piperidine rings is 1. The molecule has 4 heteroatoms. The lowest BCUT2D eigenvalue weighted by molar-refractivity contribution is -0.139. The summed E-state index contributed by atoms with van der Waals surface area (Å²) in [7, 11) is 0. The van der Waals surface area contributed by atoms with Crippen molar-refractivity contribution in [3.63, 3.8) is 0 Å². The van der Waals surface area contributed by atoms with Crippen LogP contribution < -0.4 is 4.74 Å². The van der Waals surface area contributed by atoms with Crippen molar-refractivity contribution < 1.29 is 9.53 Å². The number of benzene rings is 1. The summed E-state index contributed by atoms with van der Waals surface area (Å²) in [5, 5.41) is 0. The number of hydrogen-bond acceptors (Lipinski definition) is 3. The molecular weight excluding hydrogens is 336 g/mol. The van der Waals surface area contributed by atoms with Crippen LogP contribution in [0.3, 0.4) is 0 Å². The van der Waals surface area contributed by atoms with Crippen molar-refractivity contribution in [2.24, 2.45) is 11.8 Å². The summed E-state index contributed by atoms with van der Waals surface area (Å²) in [5.74, 6) is 2.15. The van der Waals surface area contributed by atoms with Crippen molar-refractivity contribution in [1.82, 2.24) is 9.80 Å². The molecule has 3 aliphatic rings. The van der Waals surface area contributed by atoms with Crippen molar-refractivity contribution in [3.05, 3.63) is 42.5 Å². The standard InChI is InChI=1S/C23H32N2O2/c1-17(2)25-16-21(27-20-10-4-3-5-11-20)22(25)18-12-14-24(15-13-18)23(26)19-8-6-7-9-19/h3-7,10-11,17-19,21-22H,8-9,12-16H2,1-2H3/t21-,22-/m0/s1. The van der Waals surface area contributed by atoms with Crippen LogP contribution in [0.2, 0.25) is 0 Å². The van der Waals surface area contributed by atoms with Gasteiger partial charge in [-0.15, -0.1) is 0 Å². The highest BCUT2D eigenvalue weighted by Gasteiger charge is 2.47. The molecule has 1 aromatic rings. The summed E-state index contributed by atoms with van der Waals surface area (Å²) in [6.45, 7) is 7.36. The van der Waals surface area contributed by atoms with E-state index < -0.39 is 0 Å². The lowest BCUT2D eigenvalue weighted by atomic mass is 9.79. The van der Waals surface area contributed by atoms with Crippen molar-refractivity contribution in [2.45, 2.75) is 57.7 Å². The Morgan fingerprint density at radius 3 is 2.37 bits per heavy atom. The first-order valence-electron chi connectivity index (χ1n) is 10.5. The van der Waals surface area contributed by atoms with Gasteiger partial charge in [0.25, 0.3) is 0 Å². The lowest BCUT2D eigenvalue weighted by Crippen LogP contribution is -2.68. The molecule has 1 amide bonds. The molecule has 146 valence electrons. The average Bonchev–Trinajstić information content (AvgIpc) is 3.20. The Kier molecular flexibility index (Phi) is 5.53. The third-order valence-electron chi connectivity index (χ3n) is 6.54. The molecule has 27 heavy (non-hydrogen) atoms. The van der Waals surface area contributed by atoms with E-state index >= 15 is 0 Å². The second-order valence-corrected chi connectivity index (χ2v) is 8.55. The second-order valence-electron chi connectivity index (χ2n) is 8.55. The van der Waals surface area contributed by atoms with E-state index in [0.29, 0.717) is 23.9 Å². The van der Waals surface area contributed by atoms with Gasteiger partial charge in [-0.1, -0.05) is 30.4 Å². The molecule has 2 atom stereocenters. The molecule has 1 aromatic carbocycles. The maximum Gasteiger partial charge on any atom is 0.226 e. The SMILES string of the molecule is CC(C)N1C[C@H](Oc2ccccc2)[C@@H]1C1CCN(C(=O)C2CC=CC2)CC1. The first-order valence-corrected chi connectivity index (χ1v) is 10.5. The molecule has 0 spiro atoms. The number of allylic oxidation sites excluding steroid dienone is 2. The topological polar surface area (TPSA) is 32.8 Å². The minimum absolute atomic E-state index is 0.201. The summed E-state index contributed by atoms with van der Waals surface area (Å²) in [6.07, 6.45) is 8.60. The summed E-state index contributed by atoms with van der Waals surface area (Å²) in [5.41, 5.74) is 0. The fraction of sp³-hybridized carbons (Fsp3) is 0.609. The van der Waals surface area contributed by atoms with Crippen LogP contribution in [-0.2, 0) is 4.79 Å². The van der Waals surface area contributed by atoms with Gasteiger partial charge in [0.2, 0.25) is 5.91 Å². The molecule has 4 nitrogen and oxygen atoms in total. The Bertz CT molecular complexity index is 656. The third kappa shape index (κ3) is 3.91. The van der Waals surface area contributed by atoms with E-state index in [1.54, 1.807) is 0 Å². The molecule has 1 aliphatic carbocycles. The zero-order chi connectivity index (χ0) is 18.8. The van der Waals surface area contributed by atoms with Crippen molar-refractivity contribution in [2.75, 3.05) is 19.6 Å². The molecule has 0 unspecified atom stereocenters. The van der Waals surface area contributed by atoms with Gasteiger partial charge in [0.05, 0.1) is 6.04 Å². The molecule has 2 saturated heterocycles. The minimum atomic E-state index is 0.201. The van der Waals surface area contributed by atoms with Crippen LogP contribution in [-0.4, -0.2) is 53.5 Å². The van der Waals surface area contributed by atoms with Crippen LogP contribution in [0.25, 0.3) is 0 Å². The highest BCUT2D eigenvalue weighted by Crippen LogP contribution is 2.36. The van der Waals surface area contributed by atoms with Crippen molar-refractivity contribution >= 4 is 5.91 Å². The van der Waals surface area contributed by atoms with E-state index in [0.717, 1.165) is 51.1 Å². The normalized spacial score (nSPS) is 27.1. The predicted octanol–water partition coefficient (Wildman–Crippen LogP) is 3.73. The summed E-state index contributed by atoms with van der Waals surface area (Å²) >= 11 is 0. The highest BCUT2D eigenvalue weighted by molar-refractivity contribution is 5.79. The van der Waals surface area contributed by atoms with Gasteiger partial charge in [0.1, 0.15) is 11.9 Å². The molecule has 2 heterocycles. The number of likely N-dealkylation sites (tertiary alicyclic amines) is 2. The number of nitrogens with zero attached hydrogens (tertiary/aromatic N) is 2. The average molecular weight is 369 g/mol. The predicted molar refractivity (Wildman–Crippen MR) is 108 cm³/mol. The van der Waals surface area contributed by atoms with E-state index in [9.17, 15) is 4.79 Å². The summed E-state index contributed by atoms with van der Waals surface area (Å²) in [6, 6.07) is 11.2. The van der Waals surface area contributed by atoms with E-state index in [1.165, 1.54) is 0 Å². The monoisotopic (exact) mass is 368 g/mol. The van der Waals surface area contributed by atoms with Crippen LogP contribution in [0.4, 0.5) is 0 Å². The van der Waals surface area contributed by atoms with Gasteiger partial charge in [-0.25, -0.2) is 0 Å². The zero-order valence-electron chi connectivity index (χ0n) is 16.6. The minimum Gasteiger partial charge on any atom is -0.487 e. The van der Waals surface area contributed by atoms with Crippen LogP contribution in [0.5, 0.6) is 5.75 Å². The second kappa shape index (κ2) is 8.05. The Labute approximate surface area is 163 Å². The molecule has 0 saturated carbocycles. The van der Waals surface area contributed by atoms with Gasteiger partial charge in [-0.3, -0.25) is 9.69 Å². The maximum absolute atomic E-state index is 12.7. The molecule has 2 aliphatic heterocycles. The number of ether oxygens (including phenoxy) is 1. The first kappa shape index (κ1) is 18.5. The fourth-order valence-corrected chi connectivity index (χ4v) is 4.96. The van der Waals surface area contributed by atoms with Gasteiger partial charge in [0, 0.05) is 31.6 Å². The molecule has 0 N–H and O–H groups in total. The van der Waals surface area contributed by atoms with Crippen LogP contribution in [0.1, 0.15) is 39.5 Å². The molecule has 0 radical (unpaired) electrons. The van der Waals surface area contributed by atoms with Crippen molar-refractivity contribution in [1.29, 1.82) is 0 Å². The number of carbonyl (C=O) groups is 1. The van der Waals surface area contributed by atoms with Crippen molar-refractivity contribution in [3.8, 4) is 5.75 Å². The maximum atomic E-state index is 12.7. The largest absolute Gasteiger partial charge is 0.487 e. The molecule has 2 fully saturated rings. The molecule has 0 aromatic heterocycles. The highest BCUT2D eigenvalue weighted by atomic mass is 16.5. The van der Waals surface area contributed by atoms with Crippen LogP contribution >= 0.6 is 0 Å². The van der Waals surface area contributed by atoms with E-state index in [2.05, 4.69) is 35.8 Å². The molecule has 0 bridgehead atoms. The molecule has 4 rings (SSSR count). The number of para-hydroxylation sites is 1. The molecular formula is C23H32N2O2. The Balaban J connectivity index is 1.36. The third-order valence-corrected chi connectivity index (χ3v) is 6.54. The van der Waals surface area contributed by atoms with Gasteiger partial charge in [0.15, 0.2) is 0 Å². The van der Waals surface area contributed by atoms with E-state index in [-0.39, 0.29) is 12.0 Å². The number of hydrogen-bond donors (Lipinski definition) is 0. The van der Waals surface area contributed by atoms with E-state index in [4.69, 9.17) is 4.74 Å². The van der Waals surface area contributed by atoms with Crippen LogP contribution in [0.15, 0.2) is 42.5 Å². The summed E-state index contributed by atoms with van der Waals surface area (Å²) in [4.78, 5) is 17.4. The quantitative estimate of drug-likeness (QED) is 0.743. The number of amides is 1. The van der Waals surface area contributed by atoms with E-state index in [1.807, 2.05) is 30.3 Å². The number of carbonyl (C=O) groups excluding carboxylic acids is 1. The van der Waals surface area contributed by atoms with Gasteiger partial charge in [-0.05, 0) is 57.6 Å². The summed E-state index contributed by atoms with van der Waals surface area (Å²) < 4.78 is 6.32. The van der Waals surface area contributed by atoms with Gasteiger partial charge >= 0.3 is 0 Å². The van der Waals surface area contributed by atoms with Gasteiger partial charge in [-0.2, -0.15) is 0 Å². The zero-order valence-corrected chi connectivity index (χ0v) is 16.6. The Morgan fingerprint density at radius 2 is 1.74 bits per heavy atom. The lowest BCUT2D eigenvalue weighted by Gasteiger charge is -2.54. The number of rotatable bonds is 5.